The monoisotopic (exact) mass is 382 g/mol. The van der Waals surface area contributed by atoms with Crippen LogP contribution in [0.15, 0.2) is 29.2 Å². The number of ether oxygens (including phenoxy) is 1. The van der Waals surface area contributed by atoms with Crippen molar-refractivity contribution in [3.8, 4) is 0 Å². The number of benzene rings is 1. The van der Waals surface area contributed by atoms with Crippen LogP contribution in [0.25, 0.3) is 0 Å². The van der Waals surface area contributed by atoms with Gasteiger partial charge in [-0.05, 0) is 36.6 Å². The number of carboxylic acids is 1. The van der Waals surface area contributed by atoms with E-state index in [0.29, 0.717) is 38.6 Å². The minimum absolute atomic E-state index is 0.101. The molecule has 3 rings (SSSR count). The Labute approximate surface area is 152 Å². The molecule has 1 aliphatic carbocycles. The predicted octanol–water partition coefficient (Wildman–Crippen LogP) is 0.691. The van der Waals surface area contributed by atoms with Crippen LogP contribution in [0.1, 0.15) is 29.6 Å². The molecule has 1 aromatic rings. The maximum absolute atomic E-state index is 12.6. The van der Waals surface area contributed by atoms with Crippen LogP contribution in [0.2, 0.25) is 0 Å². The van der Waals surface area contributed by atoms with Gasteiger partial charge in [0.1, 0.15) is 6.04 Å². The lowest BCUT2D eigenvalue weighted by atomic mass is 10.1. The number of hydrogen-bond acceptors (Lipinski definition) is 5. The lowest BCUT2D eigenvalue weighted by Crippen LogP contribution is -2.41. The quantitative estimate of drug-likeness (QED) is 0.717. The lowest BCUT2D eigenvalue weighted by molar-refractivity contribution is -0.139. The predicted molar refractivity (Wildman–Crippen MR) is 92.3 cm³/mol. The fourth-order valence-electron chi connectivity index (χ4n) is 2.86. The lowest BCUT2D eigenvalue weighted by Gasteiger charge is -2.26. The molecule has 26 heavy (non-hydrogen) atoms. The standard InChI is InChI=1S/C17H22N2O6S/c20-16(18-15(17(21)22)11-12-1-2-12)13-3-5-14(6-4-13)26(23,24)19-7-9-25-10-8-19/h3-6,12,15H,1-2,7-11H2,(H,18,20)(H,21,22). The van der Waals surface area contributed by atoms with Gasteiger partial charge >= 0.3 is 5.97 Å². The van der Waals surface area contributed by atoms with Crippen LogP contribution in [-0.4, -0.2) is 62.1 Å². The third kappa shape index (κ3) is 4.40. The van der Waals surface area contributed by atoms with Crippen molar-refractivity contribution in [1.29, 1.82) is 0 Å². The van der Waals surface area contributed by atoms with Crippen LogP contribution in [0.4, 0.5) is 0 Å². The minimum atomic E-state index is -3.62. The van der Waals surface area contributed by atoms with Crippen molar-refractivity contribution < 1.29 is 27.9 Å². The molecule has 1 amide bonds. The van der Waals surface area contributed by atoms with Gasteiger partial charge in [-0.15, -0.1) is 0 Å². The van der Waals surface area contributed by atoms with E-state index in [0.717, 1.165) is 12.8 Å². The molecule has 1 saturated carbocycles. The van der Waals surface area contributed by atoms with E-state index in [4.69, 9.17) is 4.74 Å². The Kier molecular flexibility index (Phi) is 5.59. The van der Waals surface area contributed by atoms with Crippen LogP contribution < -0.4 is 5.32 Å². The van der Waals surface area contributed by atoms with Gasteiger partial charge in [-0.1, -0.05) is 12.8 Å². The van der Waals surface area contributed by atoms with Crippen molar-refractivity contribution in [2.24, 2.45) is 5.92 Å². The number of carboxylic acid groups (broad SMARTS) is 1. The molecular weight excluding hydrogens is 360 g/mol. The number of nitrogens with one attached hydrogen (secondary N) is 1. The van der Waals surface area contributed by atoms with Gasteiger partial charge in [0.25, 0.3) is 5.91 Å². The molecule has 2 aliphatic rings. The van der Waals surface area contributed by atoms with E-state index in [-0.39, 0.29) is 10.5 Å². The smallest absolute Gasteiger partial charge is 0.326 e. The van der Waals surface area contributed by atoms with E-state index in [1.807, 2.05) is 0 Å². The molecule has 1 saturated heterocycles. The molecule has 1 unspecified atom stereocenters. The molecule has 0 bridgehead atoms. The second-order valence-corrected chi connectivity index (χ2v) is 8.52. The second kappa shape index (κ2) is 7.73. The van der Waals surface area contributed by atoms with Gasteiger partial charge in [-0.2, -0.15) is 4.31 Å². The molecule has 2 N–H and O–H groups in total. The summed E-state index contributed by atoms with van der Waals surface area (Å²) in [4.78, 5) is 23.7. The fraction of sp³-hybridized carbons (Fsp3) is 0.529. The van der Waals surface area contributed by atoms with Crippen LogP contribution in [0.3, 0.4) is 0 Å². The van der Waals surface area contributed by atoms with Gasteiger partial charge in [0.2, 0.25) is 10.0 Å². The highest BCUT2D eigenvalue weighted by atomic mass is 32.2. The molecule has 1 aromatic carbocycles. The third-order valence-corrected chi connectivity index (χ3v) is 6.51. The van der Waals surface area contributed by atoms with Gasteiger partial charge < -0.3 is 15.2 Å². The van der Waals surface area contributed by atoms with Gasteiger partial charge in [-0.25, -0.2) is 13.2 Å². The summed E-state index contributed by atoms with van der Waals surface area (Å²) in [6.07, 6.45) is 2.41. The number of aliphatic carboxylic acids is 1. The van der Waals surface area contributed by atoms with Crippen LogP contribution in [0.5, 0.6) is 0 Å². The summed E-state index contributed by atoms with van der Waals surface area (Å²) in [5.41, 5.74) is 0.230. The Bertz CT molecular complexity index is 767. The average molecular weight is 382 g/mol. The van der Waals surface area contributed by atoms with Crippen molar-refractivity contribution in [3.63, 3.8) is 0 Å². The van der Waals surface area contributed by atoms with E-state index in [1.54, 1.807) is 0 Å². The van der Waals surface area contributed by atoms with Gasteiger partial charge in [0.05, 0.1) is 18.1 Å². The number of carbonyl (C=O) groups excluding carboxylic acids is 1. The number of morpholine rings is 1. The molecule has 9 heteroatoms. The summed E-state index contributed by atoms with van der Waals surface area (Å²) >= 11 is 0. The summed E-state index contributed by atoms with van der Waals surface area (Å²) in [5, 5.41) is 11.7. The fourth-order valence-corrected chi connectivity index (χ4v) is 4.27. The van der Waals surface area contributed by atoms with E-state index >= 15 is 0 Å². The van der Waals surface area contributed by atoms with Crippen molar-refractivity contribution >= 4 is 21.9 Å². The topological polar surface area (TPSA) is 113 Å². The zero-order valence-electron chi connectivity index (χ0n) is 14.3. The molecule has 2 fully saturated rings. The molecule has 0 radical (unpaired) electrons. The molecule has 1 aliphatic heterocycles. The summed E-state index contributed by atoms with van der Waals surface area (Å²) in [6, 6.07) is 4.62. The number of carbonyl (C=O) groups is 2. The molecule has 1 atom stereocenters. The number of nitrogens with zero attached hydrogens (tertiary/aromatic N) is 1. The average Bonchev–Trinajstić information content (AvgIpc) is 3.46. The van der Waals surface area contributed by atoms with Crippen molar-refractivity contribution in [2.75, 3.05) is 26.3 Å². The molecule has 142 valence electrons. The van der Waals surface area contributed by atoms with Crippen LogP contribution >= 0.6 is 0 Å². The van der Waals surface area contributed by atoms with Gasteiger partial charge in [0.15, 0.2) is 0 Å². The summed E-state index contributed by atoms with van der Waals surface area (Å²) in [6.45, 7) is 1.31. The van der Waals surface area contributed by atoms with Gasteiger partial charge in [-0.3, -0.25) is 4.79 Å². The molecule has 0 aromatic heterocycles. The van der Waals surface area contributed by atoms with Gasteiger partial charge in [0, 0.05) is 18.7 Å². The largest absolute Gasteiger partial charge is 0.480 e. The zero-order valence-corrected chi connectivity index (χ0v) is 15.1. The van der Waals surface area contributed by atoms with Crippen molar-refractivity contribution in [3.05, 3.63) is 29.8 Å². The maximum atomic E-state index is 12.6. The Hall–Kier alpha value is -1.97. The Morgan fingerprint density at radius 2 is 1.81 bits per heavy atom. The van der Waals surface area contributed by atoms with Crippen molar-refractivity contribution in [2.45, 2.75) is 30.2 Å². The first-order chi connectivity index (χ1) is 12.4. The van der Waals surface area contributed by atoms with Crippen LogP contribution in [-0.2, 0) is 19.6 Å². The zero-order chi connectivity index (χ0) is 18.7. The first kappa shape index (κ1) is 18.8. The minimum Gasteiger partial charge on any atom is -0.480 e. The highest BCUT2D eigenvalue weighted by Gasteiger charge is 2.31. The molecular formula is C17H22N2O6S. The Morgan fingerprint density at radius 1 is 1.19 bits per heavy atom. The highest BCUT2D eigenvalue weighted by molar-refractivity contribution is 7.89. The molecule has 0 spiro atoms. The number of sulfonamides is 1. The summed E-state index contributed by atoms with van der Waals surface area (Å²) in [5.74, 6) is -1.22. The second-order valence-electron chi connectivity index (χ2n) is 6.58. The molecule has 8 nitrogen and oxygen atoms in total. The first-order valence-electron chi connectivity index (χ1n) is 8.59. The number of hydrogen-bond donors (Lipinski definition) is 2. The highest BCUT2D eigenvalue weighted by Crippen LogP contribution is 2.33. The number of rotatable bonds is 7. The Balaban J connectivity index is 1.68. The Morgan fingerprint density at radius 3 is 2.35 bits per heavy atom. The third-order valence-electron chi connectivity index (χ3n) is 4.59. The van der Waals surface area contributed by atoms with E-state index in [2.05, 4.69) is 5.32 Å². The summed E-state index contributed by atoms with van der Waals surface area (Å²) < 4.78 is 31.6. The van der Waals surface area contributed by atoms with E-state index in [1.165, 1.54) is 28.6 Å². The summed E-state index contributed by atoms with van der Waals surface area (Å²) in [7, 11) is -3.62. The van der Waals surface area contributed by atoms with Crippen LogP contribution in [0, 0.1) is 5.92 Å². The van der Waals surface area contributed by atoms with E-state index < -0.39 is 27.9 Å². The number of amides is 1. The van der Waals surface area contributed by atoms with E-state index in [9.17, 15) is 23.1 Å². The SMILES string of the molecule is O=C(NC(CC1CC1)C(=O)O)c1ccc(S(=O)(=O)N2CCOCC2)cc1. The molecule has 1 heterocycles. The van der Waals surface area contributed by atoms with Crippen molar-refractivity contribution in [1.82, 2.24) is 9.62 Å². The normalized spacial score (nSPS) is 19.7. The first-order valence-corrected chi connectivity index (χ1v) is 10.0. The maximum Gasteiger partial charge on any atom is 0.326 e.